The van der Waals surface area contributed by atoms with E-state index in [9.17, 15) is 14.7 Å². The number of carbonyl (C=O) groups excluding carboxylic acids is 2. The van der Waals surface area contributed by atoms with Crippen molar-refractivity contribution in [1.82, 2.24) is 4.90 Å². The highest BCUT2D eigenvalue weighted by Crippen LogP contribution is 2.24. The van der Waals surface area contributed by atoms with E-state index in [1.807, 2.05) is 0 Å². The maximum Gasteiger partial charge on any atom is 0.255 e. The molecular formula is C15H19ClN2O3. The van der Waals surface area contributed by atoms with Gasteiger partial charge in [0, 0.05) is 24.7 Å². The normalized spacial score (nSPS) is 18.1. The van der Waals surface area contributed by atoms with Gasteiger partial charge in [0.25, 0.3) is 5.91 Å². The van der Waals surface area contributed by atoms with Crippen molar-refractivity contribution < 1.29 is 14.7 Å². The molecule has 6 heteroatoms. The molecule has 1 aliphatic heterocycles. The molecule has 2 N–H and O–H groups in total. The summed E-state index contributed by atoms with van der Waals surface area (Å²) in [6.07, 6.45) is 0.101. The summed E-state index contributed by atoms with van der Waals surface area (Å²) in [4.78, 5) is 25.7. The number of rotatable bonds is 3. The van der Waals surface area contributed by atoms with E-state index < -0.39 is 6.10 Å². The molecule has 2 amide bonds. The van der Waals surface area contributed by atoms with E-state index in [1.54, 1.807) is 36.9 Å². The van der Waals surface area contributed by atoms with Gasteiger partial charge in [-0.05, 0) is 24.6 Å². The first-order chi connectivity index (χ1) is 9.88. The number of aliphatic hydroxyl groups excluding tert-OH is 1. The number of carbonyl (C=O) groups is 2. The van der Waals surface area contributed by atoms with Crippen molar-refractivity contribution in [2.75, 3.05) is 18.4 Å². The molecule has 114 valence electrons. The van der Waals surface area contributed by atoms with Gasteiger partial charge in [0.15, 0.2) is 0 Å². The molecule has 1 saturated heterocycles. The van der Waals surface area contributed by atoms with Crippen LogP contribution < -0.4 is 5.32 Å². The van der Waals surface area contributed by atoms with Gasteiger partial charge in [-0.15, -0.1) is 0 Å². The molecule has 1 heterocycles. The Labute approximate surface area is 128 Å². The second kappa shape index (κ2) is 6.45. The predicted molar refractivity (Wildman–Crippen MR) is 81.4 cm³/mol. The number of hydrogen-bond donors (Lipinski definition) is 2. The van der Waals surface area contributed by atoms with E-state index in [1.165, 1.54) is 0 Å². The van der Waals surface area contributed by atoms with E-state index in [-0.39, 0.29) is 17.7 Å². The number of likely N-dealkylation sites (tertiary alicyclic amines) is 1. The molecule has 5 nitrogen and oxygen atoms in total. The van der Waals surface area contributed by atoms with Crippen molar-refractivity contribution in [3.05, 3.63) is 28.8 Å². The first-order valence-corrected chi connectivity index (χ1v) is 7.34. The zero-order valence-electron chi connectivity index (χ0n) is 12.1. The quantitative estimate of drug-likeness (QED) is 0.898. The van der Waals surface area contributed by atoms with Crippen LogP contribution in [0.3, 0.4) is 0 Å². The van der Waals surface area contributed by atoms with Gasteiger partial charge in [0.05, 0.1) is 16.7 Å². The minimum absolute atomic E-state index is 0.118. The third-order valence-electron chi connectivity index (χ3n) is 3.44. The van der Waals surface area contributed by atoms with Crippen molar-refractivity contribution in [2.24, 2.45) is 5.92 Å². The summed E-state index contributed by atoms with van der Waals surface area (Å²) >= 11 is 6.08. The Morgan fingerprint density at radius 3 is 2.71 bits per heavy atom. The van der Waals surface area contributed by atoms with E-state index in [0.717, 1.165) is 0 Å². The number of nitrogens with zero attached hydrogens (tertiary/aromatic N) is 1. The lowest BCUT2D eigenvalue weighted by atomic mass is 10.1. The van der Waals surface area contributed by atoms with Gasteiger partial charge in [-0.25, -0.2) is 0 Å². The Balaban J connectivity index is 2.19. The fourth-order valence-corrected chi connectivity index (χ4v) is 2.35. The Morgan fingerprint density at radius 2 is 2.14 bits per heavy atom. The molecular weight excluding hydrogens is 292 g/mol. The number of anilines is 1. The largest absolute Gasteiger partial charge is 0.391 e. The number of β-amino-alcohol motifs (C(OH)–C–C–N with tert-alkyl or cyclic N) is 1. The van der Waals surface area contributed by atoms with Gasteiger partial charge in [-0.3, -0.25) is 9.59 Å². The molecule has 1 aromatic rings. The lowest BCUT2D eigenvalue weighted by Crippen LogP contribution is -2.30. The van der Waals surface area contributed by atoms with Crippen LogP contribution in [0.15, 0.2) is 18.2 Å². The standard InChI is InChI=1S/C15H19ClN2O3/c1-9(2)14(20)17-10-3-4-13(16)12(7-10)15(21)18-6-5-11(19)8-18/h3-4,7,9,11,19H,5-6,8H2,1-2H3,(H,17,20)/t11-/m0/s1. The second-order valence-electron chi connectivity index (χ2n) is 5.53. The van der Waals surface area contributed by atoms with Crippen LogP contribution in [0.2, 0.25) is 5.02 Å². The minimum atomic E-state index is -0.475. The summed E-state index contributed by atoms with van der Waals surface area (Å²) in [6.45, 7) is 4.42. The Bertz CT molecular complexity index is 560. The molecule has 21 heavy (non-hydrogen) atoms. The van der Waals surface area contributed by atoms with Crippen molar-refractivity contribution in [1.29, 1.82) is 0 Å². The number of nitrogens with one attached hydrogen (secondary N) is 1. The lowest BCUT2D eigenvalue weighted by Gasteiger charge is -2.17. The SMILES string of the molecule is CC(C)C(=O)Nc1ccc(Cl)c(C(=O)N2CC[C@H](O)C2)c1. The average Bonchev–Trinajstić information content (AvgIpc) is 2.86. The predicted octanol–water partition coefficient (Wildman–Crippen LogP) is 2.14. The number of halogens is 1. The Morgan fingerprint density at radius 1 is 1.43 bits per heavy atom. The molecule has 2 rings (SSSR count). The van der Waals surface area contributed by atoms with Crippen LogP contribution in [0, 0.1) is 5.92 Å². The van der Waals surface area contributed by atoms with E-state index in [2.05, 4.69) is 5.32 Å². The topological polar surface area (TPSA) is 69.6 Å². The first kappa shape index (κ1) is 15.8. The van der Waals surface area contributed by atoms with Crippen LogP contribution in [0.5, 0.6) is 0 Å². The molecule has 1 aromatic carbocycles. The van der Waals surface area contributed by atoms with Crippen LogP contribution >= 0.6 is 11.6 Å². The fraction of sp³-hybridized carbons (Fsp3) is 0.467. The number of aliphatic hydroxyl groups is 1. The highest BCUT2D eigenvalue weighted by molar-refractivity contribution is 6.34. The van der Waals surface area contributed by atoms with Crippen LogP contribution in [-0.4, -0.2) is 41.0 Å². The number of hydrogen-bond acceptors (Lipinski definition) is 3. The molecule has 1 fully saturated rings. The van der Waals surface area contributed by atoms with Crippen LogP contribution in [0.25, 0.3) is 0 Å². The van der Waals surface area contributed by atoms with Crippen LogP contribution in [-0.2, 0) is 4.79 Å². The second-order valence-corrected chi connectivity index (χ2v) is 5.94. The molecule has 0 aromatic heterocycles. The van der Waals surface area contributed by atoms with Gasteiger partial charge in [0.1, 0.15) is 0 Å². The van der Waals surface area contributed by atoms with Crippen molar-refractivity contribution >= 4 is 29.1 Å². The Kier molecular flexibility index (Phi) is 4.85. The lowest BCUT2D eigenvalue weighted by molar-refractivity contribution is -0.118. The van der Waals surface area contributed by atoms with Gasteiger partial charge in [-0.2, -0.15) is 0 Å². The molecule has 0 radical (unpaired) electrons. The highest BCUT2D eigenvalue weighted by atomic mass is 35.5. The number of amides is 2. The Hall–Kier alpha value is -1.59. The van der Waals surface area contributed by atoms with E-state index >= 15 is 0 Å². The summed E-state index contributed by atoms with van der Waals surface area (Å²) in [5, 5.41) is 12.6. The van der Waals surface area contributed by atoms with Gasteiger partial charge in [-0.1, -0.05) is 25.4 Å². The van der Waals surface area contributed by atoms with Crippen LogP contribution in [0.4, 0.5) is 5.69 Å². The molecule has 1 aliphatic rings. The minimum Gasteiger partial charge on any atom is -0.391 e. The van der Waals surface area contributed by atoms with E-state index in [0.29, 0.717) is 35.8 Å². The zero-order valence-corrected chi connectivity index (χ0v) is 12.9. The van der Waals surface area contributed by atoms with Crippen molar-refractivity contribution in [2.45, 2.75) is 26.4 Å². The first-order valence-electron chi connectivity index (χ1n) is 6.96. The fourth-order valence-electron chi connectivity index (χ4n) is 2.15. The average molecular weight is 311 g/mol. The summed E-state index contributed by atoms with van der Waals surface area (Å²) in [5.41, 5.74) is 0.883. The smallest absolute Gasteiger partial charge is 0.255 e. The van der Waals surface area contributed by atoms with Crippen molar-refractivity contribution in [3.8, 4) is 0 Å². The molecule has 1 atom stereocenters. The van der Waals surface area contributed by atoms with Gasteiger partial charge in [0.2, 0.25) is 5.91 Å². The van der Waals surface area contributed by atoms with Crippen LogP contribution in [0.1, 0.15) is 30.6 Å². The molecule has 0 aliphatic carbocycles. The zero-order chi connectivity index (χ0) is 15.6. The van der Waals surface area contributed by atoms with Gasteiger partial charge >= 0.3 is 0 Å². The number of benzene rings is 1. The maximum absolute atomic E-state index is 12.4. The monoisotopic (exact) mass is 310 g/mol. The summed E-state index contributed by atoms with van der Waals surface area (Å²) in [7, 11) is 0. The molecule has 0 saturated carbocycles. The highest BCUT2D eigenvalue weighted by Gasteiger charge is 2.26. The third kappa shape index (κ3) is 3.74. The molecule has 0 spiro atoms. The third-order valence-corrected chi connectivity index (χ3v) is 3.77. The summed E-state index contributed by atoms with van der Waals surface area (Å²) in [5.74, 6) is -0.488. The summed E-state index contributed by atoms with van der Waals surface area (Å²) < 4.78 is 0. The van der Waals surface area contributed by atoms with Gasteiger partial charge < -0.3 is 15.3 Å². The maximum atomic E-state index is 12.4. The van der Waals surface area contributed by atoms with E-state index in [4.69, 9.17) is 11.6 Å². The van der Waals surface area contributed by atoms with Crippen molar-refractivity contribution in [3.63, 3.8) is 0 Å². The molecule has 0 bridgehead atoms. The molecule has 0 unspecified atom stereocenters. The summed E-state index contributed by atoms with van der Waals surface area (Å²) in [6, 6.07) is 4.84.